The van der Waals surface area contributed by atoms with E-state index in [1.54, 1.807) is 19.2 Å². The number of hydrogen-bond acceptors (Lipinski definition) is 4. The second-order valence-corrected chi connectivity index (χ2v) is 7.81. The third-order valence-corrected chi connectivity index (χ3v) is 4.90. The number of nitrogens with two attached hydrogens (primary N) is 1. The molecule has 0 aliphatic carbocycles. The average molecular weight is 354 g/mol. The number of hydrogen-bond donors (Lipinski definition) is 1. The van der Waals surface area contributed by atoms with E-state index in [4.69, 9.17) is 14.2 Å². The van der Waals surface area contributed by atoms with Gasteiger partial charge in [0.15, 0.2) is 0 Å². The van der Waals surface area contributed by atoms with Crippen LogP contribution in [-0.2, 0) is 25.6 Å². The van der Waals surface area contributed by atoms with Crippen molar-refractivity contribution < 1.29 is 17.1 Å². The molecule has 0 aliphatic rings. The van der Waals surface area contributed by atoms with Crippen molar-refractivity contribution >= 4 is 17.4 Å². The van der Waals surface area contributed by atoms with Crippen LogP contribution in [0.25, 0.3) is 0 Å². The summed E-state index contributed by atoms with van der Waals surface area (Å²) in [5.74, 6) is 0.805. The molecule has 0 bridgehead atoms. The van der Waals surface area contributed by atoms with Gasteiger partial charge < -0.3 is 0 Å². The van der Waals surface area contributed by atoms with Crippen molar-refractivity contribution in [1.82, 2.24) is 0 Å². The first-order valence-corrected chi connectivity index (χ1v) is 9.56. The minimum atomic E-state index is -4.38. The van der Waals surface area contributed by atoms with Crippen molar-refractivity contribution in [1.29, 1.82) is 0 Å². The number of methoxy groups -OCH3 is 1. The van der Waals surface area contributed by atoms with Gasteiger partial charge in [-0.15, -0.1) is 0 Å². The zero-order valence-electron chi connectivity index (χ0n) is 11.7. The Hall–Kier alpha value is -1.72. The molecule has 2 aromatic rings. The summed E-state index contributed by atoms with van der Waals surface area (Å²) in [7, 11) is 1.62. The van der Waals surface area contributed by atoms with Crippen LogP contribution in [0, 0.1) is 0 Å². The molecule has 21 heavy (non-hydrogen) atoms. The van der Waals surface area contributed by atoms with Crippen molar-refractivity contribution in [2.75, 3.05) is 7.11 Å². The molecule has 0 atom stereocenters. The number of rotatable bonds is 6. The van der Waals surface area contributed by atoms with E-state index in [0.29, 0.717) is 13.2 Å². The van der Waals surface area contributed by atoms with Crippen molar-refractivity contribution in [3.63, 3.8) is 0 Å². The molecule has 0 saturated heterocycles. The Morgan fingerprint density at radius 2 is 1.38 bits per heavy atom. The van der Waals surface area contributed by atoms with Crippen LogP contribution in [0.15, 0.2) is 48.5 Å². The predicted octanol–water partition coefficient (Wildman–Crippen LogP) is 1.38. The summed E-state index contributed by atoms with van der Waals surface area (Å²) >= 11 is -4.38. The topological polar surface area (TPSA) is 78.6 Å². The summed E-state index contributed by atoms with van der Waals surface area (Å²) in [5.41, 5.74) is 1.94. The molecule has 5 nitrogen and oxygen atoms in total. The molecule has 2 N–H and O–H groups in total. The van der Waals surface area contributed by atoms with Gasteiger partial charge in [-0.2, -0.15) is 0 Å². The van der Waals surface area contributed by atoms with Crippen molar-refractivity contribution in [2.24, 2.45) is 4.75 Å². The zero-order chi connectivity index (χ0) is 15.3. The third kappa shape index (κ3) is 4.65. The van der Waals surface area contributed by atoms with Crippen LogP contribution in [0.4, 0.5) is 0 Å². The first-order valence-electron chi connectivity index (χ1n) is 6.31. The van der Waals surface area contributed by atoms with Crippen LogP contribution in [0.3, 0.4) is 0 Å². The van der Waals surface area contributed by atoms with E-state index in [2.05, 4.69) is 0 Å². The summed E-state index contributed by atoms with van der Waals surface area (Å²) in [4.78, 5) is 0. The summed E-state index contributed by atoms with van der Waals surface area (Å²) in [5, 5.41) is 0. The molecule has 2 rings (SSSR count). The summed E-state index contributed by atoms with van der Waals surface area (Å²) in [6.07, 6.45) is 0. The fourth-order valence-electron chi connectivity index (χ4n) is 1.78. The van der Waals surface area contributed by atoms with Crippen LogP contribution < -0.4 is 13.9 Å². The van der Waals surface area contributed by atoms with Gasteiger partial charge in [0.25, 0.3) is 0 Å². The fraction of sp³-hybridized carbons (Fsp3) is 0.200. The van der Waals surface area contributed by atoms with E-state index in [1.807, 2.05) is 24.3 Å². The summed E-state index contributed by atoms with van der Waals surface area (Å²) in [6.45, 7) is 0.886. The molecule has 112 valence electrons. The van der Waals surface area contributed by atoms with Crippen LogP contribution in [0.2, 0.25) is 0 Å². The quantitative estimate of drug-likeness (QED) is 0.793. The Labute approximate surface area is 125 Å². The van der Waals surface area contributed by atoms with Gasteiger partial charge in [0.05, 0.1) is 7.11 Å². The van der Waals surface area contributed by atoms with Gasteiger partial charge in [0.2, 0.25) is 0 Å². The molecule has 0 saturated carbocycles. The molecule has 0 aromatic heterocycles. The van der Waals surface area contributed by atoms with Gasteiger partial charge in [0, 0.05) is 0 Å². The molecular formula is C15H17NO4Se. The molecule has 0 unspecified atom stereocenters. The normalized spacial score (nSPS) is 11.3. The van der Waals surface area contributed by atoms with Gasteiger partial charge in [0.1, 0.15) is 0 Å². The molecule has 0 radical (unpaired) electrons. The van der Waals surface area contributed by atoms with Gasteiger partial charge in [-0.3, -0.25) is 0 Å². The zero-order valence-corrected chi connectivity index (χ0v) is 13.4. The summed E-state index contributed by atoms with van der Waals surface area (Å²) in [6, 6.07) is 14.1. The third-order valence-electron chi connectivity index (χ3n) is 2.95. The average Bonchev–Trinajstić information content (AvgIpc) is 2.47. The Kier molecular flexibility index (Phi) is 5.09. The second kappa shape index (κ2) is 6.82. The molecule has 0 heterocycles. The van der Waals surface area contributed by atoms with Crippen LogP contribution in [0.5, 0.6) is 5.75 Å². The molecule has 6 heteroatoms. The Morgan fingerprint density at radius 1 is 0.905 bits per heavy atom. The first-order chi connectivity index (χ1) is 9.99. The van der Waals surface area contributed by atoms with E-state index in [0.717, 1.165) is 16.9 Å². The van der Waals surface area contributed by atoms with E-state index in [9.17, 15) is 7.67 Å². The Balaban J connectivity index is 1.88. The van der Waals surface area contributed by atoms with E-state index in [1.165, 1.54) is 12.1 Å². The fourth-order valence-corrected chi connectivity index (χ4v) is 2.87. The van der Waals surface area contributed by atoms with Crippen LogP contribution in [-0.4, -0.2) is 20.0 Å². The monoisotopic (exact) mass is 355 g/mol. The van der Waals surface area contributed by atoms with E-state index < -0.39 is 12.9 Å². The maximum atomic E-state index is 11.2. The van der Waals surface area contributed by atoms with Crippen LogP contribution in [0.1, 0.15) is 11.1 Å². The molecule has 0 amide bonds. The SMILES string of the molecule is COc1ccc(COCc2ccc([Se](N)(=O)=O)cc2)cc1. The van der Waals surface area contributed by atoms with Gasteiger partial charge in [-0.1, -0.05) is 0 Å². The minimum absolute atomic E-state index is 0.171. The first kappa shape index (κ1) is 15.7. The molecule has 0 aliphatic heterocycles. The standard InChI is InChI=1S/C15H17NO4Se/c1-19-14-6-2-12(3-7-14)10-20-11-13-4-8-15(9-5-13)21(16,17)18/h2-9H,10-11H2,1H3,(H2,16,17,18). The number of benzene rings is 2. The maximum absolute atomic E-state index is 11.2. The van der Waals surface area contributed by atoms with Crippen LogP contribution >= 0.6 is 0 Å². The van der Waals surface area contributed by atoms with Crippen molar-refractivity contribution in [3.05, 3.63) is 59.7 Å². The van der Waals surface area contributed by atoms with Gasteiger partial charge in [-0.25, -0.2) is 0 Å². The van der Waals surface area contributed by atoms with E-state index in [-0.39, 0.29) is 4.46 Å². The van der Waals surface area contributed by atoms with Gasteiger partial charge >= 0.3 is 118 Å². The van der Waals surface area contributed by atoms with E-state index >= 15 is 0 Å². The Morgan fingerprint density at radius 3 is 1.81 bits per heavy atom. The van der Waals surface area contributed by atoms with Crippen molar-refractivity contribution in [3.8, 4) is 5.75 Å². The van der Waals surface area contributed by atoms with Crippen molar-refractivity contribution in [2.45, 2.75) is 13.2 Å². The predicted molar refractivity (Wildman–Crippen MR) is 78.9 cm³/mol. The summed E-state index contributed by atoms with van der Waals surface area (Å²) < 4.78 is 38.4. The number of ether oxygens (including phenoxy) is 2. The Bertz CT molecular complexity index is 679. The second-order valence-electron chi connectivity index (χ2n) is 4.53. The molecular weight excluding hydrogens is 337 g/mol. The molecule has 0 spiro atoms. The molecule has 2 aromatic carbocycles. The van der Waals surface area contributed by atoms with Gasteiger partial charge in [-0.05, 0) is 0 Å². The molecule has 0 fully saturated rings.